The summed E-state index contributed by atoms with van der Waals surface area (Å²) in [5.74, 6) is 1.27. The third kappa shape index (κ3) is 1.63. The van der Waals surface area contributed by atoms with Crippen molar-refractivity contribution in [3.63, 3.8) is 0 Å². The zero-order valence-electron chi connectivity index (χ0n) is 7.86. The first-order valence-corrected chi connectivity index (χ1v) is 5.35. The summed E-state index contributed by atoms with van der Waals surface area (Å²) in [6.07, 6.45) is 1.85. The third-order valence-corrected chi connectivity index (χ3v) is 2.75. The Morgan fingerprint density at radius 1 is 1.57 bits per heavy atom. The molecule has 0 unspecified atom stereocenters. The second-order valence-corrected chi connectivity index (χ2v) is 3.89. The largest absolute Gasteiger partial charge is 0.397 e. The number of nitrogen functional groups attached to an aromatic ring is 1. The maximum Gasteiger partial charge on any atom is 0.270 e. The van der Waals surface area contributed by atoms with Gasteiger partial charge in [0.2, 0.25) is 0 Å². The maximum absolute atomic E-state index is 5.74. The highest BCUT2D eigenvalue weighted by Gasteiger charge is 2.11. The predicted octanol–water partition coefficient (Wildman–Crippen LogP) is 2.33. The molecule has 0 bridgehead atoms. The van der Waals surface area contributed by atoms with Crippen LogP contribution in [0.4, 0.5) is 5.69 Å². The Labute approximate surface area is 85.7 Å². The van der Waals surface area contributed by atoms with Crippen LogP contribution in [0.5, 0.6) is 0 Å². The van der Waals surface area contributed by atoms with Crippen LogP contribution in [0.3, 0.4) is 0 Å². The number of aryl methyl sites for hydroxylation is 1. The number of nitrogens with two attached hydrogens (primary N) is 1. The highest BCUT2D eigenvalue weighted by atomic mass is 32.1. The molecule has 2 N–H and O–H groups in total. The van der Waals surface area contributed by atoms with Crippen LogP contribution in [0.2, 0.25) is 0 Å². The zero-order valence-corrected chi connectivity index (χ0v) is 8.67. The SMILES string of the molecule is CCCc1noc(-c2sccc2N)n1. The minimum absolute atomic E-state index is 0.529. The second-order valence-electron chi connectivity index (χ2n) is 2.97. The quantitative estimate of drug-likeness (QED) is 0.842. The lowest BCUT2D eigenvalue weighted by molar-refractivity contribution is 0.423. The minimum atomic E-state index is 0.529. The van der Waals surface area contributed by atoms with Crippen molar-refractivity contribution in [2.75, 3.05) is 5.73 Å². The molecule has 0 aliphatic heterocycles. The van der Waals surface area contributed by atoms with Crippen molar-refractivity contribution in [3.8, 4) is 10.8 Å². The van der Waals surface area contributed by atoms with Crippen molar-refractivity contribution >= 4 is 17.0 Å². The lowest BCUT2D eigenvalue weighted by Gasteiger charge is -1.88. The topological polar surface area (TPSA) is 64.9 Å². The number of hydrogen-bond donors (Lipinski definition) is 1. The Hall–Kier alpha value is -1.36. The first-order chi connectivity index (χ1) is 6.81. The van der Waals surface area contributed by atoms with Gasteiger partial charge in [0.05, 0.1) is 5.69 Å². The summed E-state index contributed by atoms with van der Waals surface area (Å²) in [5, 5.41) is 5.78. The van der Waals surface area contributed by atoms with Crippen molar-refractivity contribution in [1.29, 1.82) is 0 Å². The average Bonchev–Trinajstić information content (AvgIpc) is 2.74. The van der Waals surface area contributed by atoms with Crippen LogP contribution in [-0.2, 0) is 6.42 Å². The molecule has 2 heterocycles. The second kappa shape index (κ2) is 3.79. The smallest absolute Gasteiger partial charge is 0.270 e. The Morgan fingerprint density at radius 2 is 2.43 bits per heavy atom. The Bertz CT molecular complexity index is 421. The molecule has 2 aromatic heterocycles. The minimum Gasteiger partial charge on any atom is -0.397 e. The van der Waals surface area contributed by atoms with Crippen molar-refractivity contribution in [2.45, 2.75) is 19.8 Å². The van der Waals surface area contributed by atoms with E-state index in [1.54, 1.807) is 0 Å². The van der Waals surface area contributed by atoms with Crippen LogP contribution >= 0.6 is 11.3 Å². The van der Waals surface area contributed by atoms with Crippen LogP contribution in [0.1, 0.15) is 19.2 Å². The van der Waals surface area contributed by atoms with Gasteiger partial charge in [0.25, 0.3) is 5.89 Å². The molecule has 0 saturated carbocycles. The number of thiophene rings is 1. The van der Waals surface area contributed by atoms with E-state index in [1.165, 1.54) is 11.3 Å². The van der Waals surface area contributed by atoms with E-state index in [-0.39, 0.29) is 0 Å². The number of rotatable bonds is 3. The molecule has 0 amide bonds. The van der Waals surface area contributed by atoms with Crippen molar-refractivity contribution in [3.05, 3.63) is 17.3 Å². The van der Waals surface area contributed by atoms with E-state index in [2.05, 4.69) is 17.1 Å². The fourth-order valence-electron chi connectivity index (χ4n) is 1.16. The summed E-state index contributed by atoms with van der Waals surface area (Å²) >= 11 is 1.51. The van der Waals surface area contributed by atoms with Crippen LogP contribution in [0, 0.1) is 0 Å². The molecule has 2 aromatic rings. The normalized spacial score (nSPS) is 10.6. The van der Waals surface area contributed by atoms with E-state index >= 15 is 0 Å². The van der Waals surface area contributed by atoms with Crippen molar-refractivity contribution in [1.82, 2.24) is 10.1 Å². The lowest BCUT2D eigenvalue weighted by Crippen LogP contribution is -1.86. The Balaban J connectivity index is 2.29. The van der Waals surface area contributed by atoms with Crippen LogP contribution in [-0.4, -0.2) is 10.1 Å². The number of hydrogen-bond acceptors (Lipinski definition) is 5. The van der Waals surface area contributed by atoms with Crippen LogP contribution < -0.4 is 5.73 Å². The molecule has 5 heteroatoms. The summed E-state index contributed by atoms with van der Waals surface area (Å²) in [6.45, 7) is 2.08. The first kappa shape index (κ1) is 9.21. The van der Waals surface area contributed by atoms with Gasteiger partial charge in [-0.15, -0.1) is 11.3 Å². The highest BCUT2D eigenvalue weighted by Crippen LogP contribution is 2.29. The van der Waals surface area contributed by atoms with E-state index in [4.69, 9.17) is 10.3 Å². The summed E-state index contributed by atoms with van der Waals surface area (Å²) in [6, 6.07) is 1.84. The molecule has 0 fully saturated rings. The van der Waals surface area contributed by atoms with Gasteiger partial charge in [-0.25, -0.2) is 0 Å². The van der Waals surface area contributed by atoms with Gasteiger partial charge in [-0.05, 0) is 17.9 Å². The molecule has 0 radical (unpaired) electrons. The van der Waals surface area contributed by atoms with Gasteiger partial charge in [0.15, 0.2) is 5.82 Å². The lowest BCUT2D eigenvalue weighted by atomic mass is 10.3. The van der Waals surface area contributed by atoms with Crippen molar-refractivity contribution in [2.24, 2.45) is 0 Å². The highest BCUT2D eigenvalue weighted by molar-refractivity contribution is 7.14. The van der Waals surface area contributed by atoms with Gasteiger partial charge in [0, 0.05) is 6.42 Å². The molecule has 4 nitrogen and oxygen atoms in total. The molecular weight excluding hydrogens is 198 g/mol. The molecule has 74 valence electrons. The molecule has 0 aliphatic carbocycles. The molecule has 0 saturated heterocycles. The first-order valence-electron chi connectivity index (χ1n) is 4.47. The van der Waals surface area contributed by atoms with Gasteiger partial charge in [-0.3, -0.25) is 0 Å². The summed E-state index contributed by atoms with van der Waals surface area (Å²) in [7, 11) is 0. The summed E-state index contributed by atoms with van der Waals surface area (Å²) in [4.78, 5) is 5.12. The number of aromatic nitrogens is 2. The standard InChI is InChI=1S/C9H11N3OS/c1-2-3-7-11-9(13-12-7)8-6(10)4-5-14-8/h4-5H,2-3,10H2,1H3. The number of nitrogens with zero attached hydrogens (tertiary/aromatic N) is 2. The third-order valence-electron chi connectivity index (χ3n) is 1.83. The fourth-order valence-corrected chi connectivity index (χ4v) is 1.90. The van der Waals surface area contributed by atoms with E-state index in [1.807, 2.05) is 11.4 Å². The molecule has 0 aliphatic rings. The van der Waals surface area contributed by atoms with E-state index in [9.17, 15) is 0 Å². The molecule has 14 heavy (non-hydrogen) atoms. The summed E-state index contributed by atoms with van der Waals surface area (Å²) in [5.41, 5.74) is 6.43. The molecule has 0 spiro atoms. The Kier molecular flexibility index (Phi) is 2.49. The van der Waals surface area contributed by atoms with Gasteiger partial charge >= 0.3 is 0 Å². The van der Waals surface area contributed by atoms with Crippen LogP contribution in [0.15, 0.2) is 16.0 Å². The fraction of sp³-hybridized carbons (Fsp3) is 0.333. The summed E-state index contributed by atoms with van der Waals surface area (Å²) < 4.78 is 5.11. The maximum atomic E-state index is 5.74. The van der Waals surface area contributed by atoms with Crippen molar-refractivity contribution < 1.29 is 4.52 Å². The predicted molar refractivity (Wildman–Crippen MR) is 56.0 cm³/mol. The molecule has 0 atom stereocenters. The number of anilines is 1. The Morgan fingerprint density at radius 3 is 3.07 bits per heavy atom. The van der Waals surface area contributed by atoms with Gasteiger partial charge < -0.3 is 10.3 Å². The van der Waals surface area contributed by atoms with E-state index < -0.39 is 0 Å². The van der Waals surface area contributed by atoms with Gasteiger partial charge in [-0.1, -0.05) is 12.1 Å². The van der Waals surface area contributed by atoms with E-state index in [0.717, 1.165) is 23.5 Å². The monoisotopic (exact) mass is 209 g/mol. The average molecular weight is 209 g/mol. The van der Waals surface area contributed by atoms with Gasteiger partial charge in [0.1, 0.15) is 4.88 Å². The van der Waals surface area contributed by atoms with Gasteiger partial charge in [-0.2, -0.15) is 4.98 Å². The molecule has 2 rings (SSSR count). The van der Waals surface area contributed by atoms with E-state index in [0.29, 0.717) is 11.6 Å². The molecular formula is C9H11N3OS. The van der Waals surface area contributed by atoms with Crippen LogP contribution in [0.25, 0.3) is 10.8 Å². The molecule has 0 aromatic carbocycles. The zero-order chi connectivity index (χ0) is 9.97.